The van der Waals surface area contributed by atoms with E-state index in [-0.39, 0.29) is 5.69 Å². The zero-order valence-electron chi connectivity index (χ0n) is 15.6. The number of ether oxygens (including phenoxy) is 2. The van der Waals surface area contributed by atoms with Gasteiger partial charge in [0.25, 0.3) is 0 Å². The number of halogens is 1. The van der Waals surface area contributed by atoms with Crippen LogP contribution in [0.1, 0.15) is 35.9 Å². The number of esters is 1. The number of thiophene rings is 1. The zero-order valence-corrected chi connectivity index (χ0v) is 17.2. The monoisotopic (exact) mass is 416 g/mol. The number of hydrogen-bond donors (Lipinski definition) is 0. The summed E-state index contributed by atoms with van der Waals surface area (Å²) in [7, 11) is 0. The molecule has 0 aliphatic carbocycles. The van der Waals surface area contributed by atoms with Crippen LogP contribution in [0.25, 0.3) is 20.5 Å². The van der Waals surface area contributed by atoms with Gasteiger partial charge in [0.1, 0.15) is 0 Å². The van der Waals surface area contributed by atoms with Gasteiger partial charge in [-0.15, -0.1) is 16.4 Å². The van der Waals surface area contributed by atoms with Gasteiger partial charge < -0.3 is 9.47 Å². The van der Waals surface area contributed by atoms with Gasteiger partial charge in [-0.25, -0.2) is 4.79 Å². The number of benzene rings is 1. The third-order valence-corrected chi connectivity index (χ3v) is 6.31. The van der Waals surface area contributed by atoms with Crippen LogP contribution in [0.4, 0.5) is 0 Å². The van der Waals surface area contributed by atoms with Gasteiger partial charge in [-0.05, 0) is 55.9 Å². The molecule has 1 fully saturated rings. The average molecular weight is 417 g/mol. The molecular weight excluding hydrogens is 396 g/mol. The summed E-state index contributed by atoms with van der Waals surface area (Å²) in [5.74, 6) is -0.00405. The van der Waals surface area contributed by atoms with E-state index in [2.05, 4.69) is 16.3 Å². The van der Waals surface area contributed by atoms with Crippen LogP contribution in [-0.4, -0.2) is 36.0 Å². The van der Waals surface area contributed by atoms with Crippen molar-refractivity contribution in [3.05, 3.63) is 46.7 Å². The third kappa shape index (κ3) is 4.04. The van der Waals surface area contributed by atoms with Gasteiger partial charge in [-0.3, -0.25) is 0 Å². The number of carbonyl (C=O) groups is 1. The maximum Gasteiger partial charge on any atom is 0.360 e. The lowest BCUT2D eigenvalue weighted by atomic mass is 9.95. The molecule has 0 radical (unpaired) electrons. The zero-order chi connectivity index (χ0) is 19.5. The van der Waals surface area contributed by atoms with Crippen molar-refractivity contribution in [3.63, 3.8) is 0 Å². The molecule has 0 saturated carbocycles. The van der Waals surface area contributed by atoms with Crippen molar-refractivity contribution < 1.29 is 14.3 Å². The normalized spacial score (nSPS) is 17.0. The van der Waals surface area contributed by atoms with Crippen molar-refractivity contribution in [2.24, 2.45) is 5.92 Å². The van der Waals surface area contributed by atoms with Crippen molar-refractivity contribution in [1.82, 2.24) is 10.2 Å². The minimum atomic E-state index is -0.433. The van der Waals surface area contributed by atoms with Gasteiger partial charge in [-0.2, -0.15) is 5.10 Å². The van der Waals surface area contributed by atoms with E-state index in [9.17, 15) is 4.79 Å². The van der Waals surface area contributed by atoms with E-state index in [1.165, 1.54) is 11.3 Å². The Morgan fingerprint density at radius 2 is 2.14 bits per heavy atom. The number of rotatable bonds is 5. The molecule has 1 aromatic carbocycles. The van der Waals surface area contributed by atoms with E-state index in [0.29, 0.717) is 17.5 Å². The maximum atomic E-state index is 12.4. The molecule has 1 atom stereocenters. The van der Waals surface area contributed by atoms with Crippen molar-refractivity contribution in [2.75, 3.05) is 19.8 Å². The lowest BCUT2D eigenvalue weighted by molar-refractivity contribution is 0.0518. The maximum absolute atomic E-state index is 12.4. The topological polar surface area (TPSA) is 61.3 Å². The molecule has 1 saturated heterocycles. The standard InChI is InChI=1S/C21H21ClN2O3S/c1-2-27-21(25)19-20-16(11-18(28-20)14-5-7-15(22)8-6-14)17(23-24-19)10-13-4-3-9-26-12-13/h5-8,11,13H,2-4,9-10,12H2,1H3. The highest BCUT2D eigenvalue weighted by Crippen LogP contribution is 2.37. The Morgan fingerprint density at radius 3 is 2.86 bits per heavy atom. The quantitative estimate of drug-likeness (QED) is 0.538. The smallest absolute Gasteiger partial charge is 0.360 e. The molecular formula is C21H21ClN2O3S. The van der Waals surface area contributed by atoms with E-state index in [4.69, 9.17) is 21.1 Å². The molecule has 0 amide bonds. The van der Waals surface area contributed by atoms with Crippen LogP contribution in [0.15, 0.2) is 30.3 Å². The third-order valence-electron chi connectivity index (χ3n) is 4.86. The molecule has 146 valence electrons. The number of nitrogens with zero attached hydrogens (tertiary/aromatic N) is 2. The van der Waals surface area contributed by atoms with Gasteiger partial charge in [0, 0.05) is 28.5 Å². The molecule has 28 heavy (non-hydrogen) atoms. The summed E-state index contributed by atoms with van der Waals surface area (Å²) >= 11 is 7.56. The largest absolute Gasteiger partial charge is 0.461 e. The molecule has 2 aromatic heterocycles. The fourth-order valence-electron chi connectivity index (χ4n) is 3.47. The van der Waals surface area contributed by atoms with Gasteiger partial charge in [-0.1, -0.05) is 23.7 Å². The molecule has 1 aliphatic heterocycles. The van der Waals surface area contributed by atoms with Crippen LogP contribution in [-0.2, 0) is 15.9 Å². The van der Waals surface area contributed by atoms with Gasteiger partial charge in [0.15, 0.2) is 5.69 Å². The van der Waals surface area contributed by atoms with E-state index in [0.717, 1.165) is 58.7 Å². The molecule has 0 N–H and O–H groups in total. The van der Waals surface area contributed by atoms with E-state index < -0.39 is 5.97 Å². The predicted octanol–water partition coefficient (Wildman–Crippen LogP) is 5.16. The fraction of sp³-hybridized carbons (Fsp3) is 0.381. The highest BCUT2D eigenvalue weighted by Gasteiger charge is 2.23. The summed E-state index contributed by atoms with van der Waals surface area (Å²) in [5.41, 5.74) is 2.24. The van der Waals surface area contributed by atoms with E-state index >= 15 is 0 Å². The van der Waals surface area contributed by atoms with Crippen LogP contribution >= 0.6 is 22.9 Å². The molecule has 0 spiro atoms. The van der Waals surface area contributed by atoms with Crippen LogP contribution in [0.5, 0.6) is 0 Å². The molecule has 3 heterocycles. The SMILES string of the molecule is CCOC(=O)c1nnc(CC2CCCOC2)c2cc(-c3ccc(Cl)cc3)sc12. The highest BCUT2D eigenvalue weighted by atomic mass is 35.5. The number of carbonyl (C=O) groups excluding carboxylic acids is 1. The Morgan fingerprint density at radius 1 is 1.32 bits per heavy atom. The van der Waals surface area contributed by atoms with Crippen LogP contribution in [0.2, 0.25) is 5.02 Å². The second kappa shape index (κ2) is 8.55. The Bertz CT molecular complexity index is 981. The van der Waals surface area contributed by atoms with Gasteiger partial charge in [0.2, 0.25) is 0 Å². The van der Waals surface area contributed by atoms with Gasteiger partial charge >= 0.3 is 5.97 Å². The minimum absolute atomic E-state index is 0.283. The lowest BCUT2D eigenvalue weighted by Gasteiger charge is -2.21. The summed E-state index contributed by atoms with van der Waals surface area (Å²) < 4.78 is 11.6. The first kappa shape index (κ1) is 19.3. The Balaban J connectivity index is 1.78. The van der Waals surface area contributed by atoms with E-state index in [1.807, 2.05) is 24.3 Å². The number of fused-ring (bicyclic) bond motifs is 1. The van der Waals surface area contributed by atoms with Crippen molar-refractivity contribution in [3.8, 4) is 10.4 Å². The Kier molecular flexibility index (Phi) is 5.90. The van der Waals surface area contributed by atoms with Crippen molar-refractivity contribution in [1.29, 1.82) is 0 Å². The first-order chi connectivity index (χ1) is 13.7. The first-order valence-electron chi connectivity index (χ1n) is 9.45. The Labute approximate surface area is 172 Å². The molecule has 0 bridgehead atoms. The van der Waals surface area contributed by atoms with Crippen molar-refractivity contribution in [2.45, 2.75) is 26.2 Å². The summed E-state index contributed by atoms with van der Waals surface area (Å²) in [6.45, 7) is 3.67. The molecule has 1 unspecified atom stereocenters. The van der Waals surface area contributed by atoms with Gasteiger partial charge in [0.05, 0.1) is 17.0 Å². The second-order valence-corrected chi connectivity index (χ2v) is 8.35. The Hall–Kier alpha value is -2.02. The molecule has 4 rings (SSSR count). The van der Waals surface area contributed by atoms with Crippen molar-refractivity contribution >= 4 is 39.0 Å². The lowest BCUT2D eigenvalue weighted by Crippen LogP contribution is -2.20. The second-order valence-electron chi connectivity index (χ2n) is 6.86. The average Bonchev–Trinajstić information content (AvgIpc) is 3.15. The van der Waals surface area contributed by atoms with Crippen LogP contribution in [0.3, 0.4) is 0 Å². The summed E-state index contributed by atoms with van der Waals surface area (Å²) in [5, 5.41) is 10.3. The highest BCUT2D eigenvalue weighted by molar-refractivity contribution is 7.22. The minimum Gasteiger partial charge on any atom is -0.461 e. The van der Waals surface area contributed by atoms with E-state index in [1.54, 1.807) is 6.92 Å². The summed E-state index contributed by atoms with van der Waals surface area (Å²) in [6.07, 6.45) is 2.99. The van der Waals surface area contributed by atoms with Crippen LogP contribution in [0, 0.1) is 5.92 Å². The number of aromatic nitrogens is 2. The van der Waals surface area contributed by atoms with Crippen LogP contribution < -0.4 is 0 Å². The molecule has 1 aliphatic rings. The molecule has 3 aromatic rings. The fourth-order valence-corrected chi connectivity index (χ4v) is 4.76. The molecule has 5 nitrogen and oxygen atoms in total. The first-order valence-corrected chi connectivity index (χ1v) is 10.6. The summed E-state index contributed by atoms with van der Waals surface area (Å²) in [6, 6.07) is 9.79. The number of hydrogen-bond acceptors (Lipinski definition) is 6. The summed E-state index contributed by atoms with van der Waals surface area (Å²) in [4.78, 5) is 13.4. The predicted molar refractivity (Wildman–Crippen MR) is 111 cm³/mol. The molecule has 7 heteroatoms.